The molecule has 0 radical (unpaired) electrons. The van der Waals surface area contributed by atoms with Crippen molar-refractivity contribution in [2.75, 3.05) is 0 Å². The summed E-state index contributed by atoms with van der Waals surface area (Å²) in [6.07, 6.45) is 1.50. The highest BCUT2D eigenvalue weighted by molar-refractivity contribution is 6.31. The molecule has 1 aliphatic heterocycles. The fourth-order valence-electron chi connectivity index (χ4n) is 2.70. The molecule has 0 bridgehead atoms. The van der Waals surface area contributed by atoms with E-state index < -0.39 is 0 Å². The number of nitrogens with one attached hydrogen (secondary N) is 2. The van der Waals surface area contributed by atoms with Crippen LogP contribution in [0.15, 0.2) is 60.4 Å². The monoisotopic (exact) mass is 373 g/mol. The zero-order valence-electron chi connectivity index (χ0n) is 13.5. The summed E-state index contributed by atoms with van der Waals surface area (Å²) in [7, 11) is 0. The van der Waals surface area contributed by atoms with Gasteiger partial charge in [0.15, 0.2) is 0 Å². The lowest BCUT2D eigenvalue weighted by Gasteiger charge is -2.25. The minimum atomic E-state index is -0.303. The maximum Gasteiger partial charge on any atom is 0.251 e. The molecule has 0 saturated carbocycles. The van der Waals surface area contributed by atoms with Gasteiger partial charge in [0.05, 0.1) is 5.70 Å². The van der Waals surface area contributed by atoms with E-state index in [1.54, 1.807) is 24.3 Å². The van der Waals surface area contributed by atoms with Gasteiger partial charge in [-0.05, 0) is 42.3 Å². The van der Waals surface area contributed by atoms with Crippen molar-refractivity contribution >= 4 is 40.4 Å². The molecule has 1 heterocycles. The van der Waals surface area contributed by atoms with Gasteiger partial charge in [-0.1, -0.05) is 47.5 Å². The largest absolute Gasteiger partial charge is 0.341 e. The molecular formula is C19H17Cl2N3O. The van der Waals surface area contributed by atoms with Crippen LogP contribution in [0.5, 0.6) is 0 Å². The second kappa shape index (κ2) is 7.31. The highest BCUT2D eigenvalue weighted by Gasteiger charge is 2.21. The number of nitrogens with two attached hydrogens (primary N) is 1. The summed E-state index contributed by atoms with van der Waals surface area (Å²) < 4.78 is 0. The van der Waals surface area contributed by atoms with Gasteiger partial charge >= 0.3 is 0 Å². The molecule has 2 aromatic carbocycles. The third kappa shape index (κ3) is 4.04. The fraction of sp³-hybridized carbons (Fsp3) is 0.105. The van der Waals surface area contributed by atoms with Crippen LogP contribution in [0.1, 0.15) is 18.1 Å². The summed E-state index contributed by atoms with van der Waals surface area (Å²) in [6.45, 7) is 1.86. The minimum Gasteiger partial charge on any atom is -0.341 e. The maximum absolute atomic E-state index is 12.2. The van der Waals surface area contributed by atoms with Crippen molar-refractivity contribution in [2.45, 2.75) is 13.0 Å². The molecule has 3 rings (SSSR count). The number of amides is 1. The van der Waals surface area contributed by atoms with Crippen LogP contribution < -0.4 is 16.4 Å². The molecule has 0 aliphatic carbocycles. The van der Waals surface area contributed by atoms with Gasteiger partial charge < -0.3 is 16.4 Å². The van der Waals surface area contributed by atoms with E-state index in [-0.39, 0.29) is 11.9 Å². The first kappa shape index (κ1) is 17.5. The van der Waals surface area contributed by atoms with E-state index in [1.807, 2.05) is 31.2 Å². The molecule has 4 N–H and O–H groups in total. The van der Waals surface area contributed by atoms with Gasteiger partial charge in [0, 0.05) is 27.7 Å². The standard InChI is InChI=1S/C19H17Cl2N3O/c1-11(22)18(12-5-7-14(20)8-6-12)19-23-16(10-17(25)24-19)13-3-2-4-15(21)9-13/h2-11,23H,22H2,1H3,(H,24,25)/b19-18-. The minimum absolute atomic E-state index is 0.226. The summed E-state index contributed by atoms with van der Waals surface area (Å²) in [4.78, 5) is 12.2. The summed E-state index contributed by atoms with van der Waals surface area (Å²) in [5.41, 5.74) is 9.32. The molecular weight excluding hydrogens is 357 g/mol. The molecule has 1 unspecified atom stereocenters. The molecule has 2 aromatic rings. The van der Waals surface area contributed by atoms with Crippen LogP contribution in [-0.4, -0.2) is 11.9 Å². The molecule has 1 aliphatic rings. The van der Waals surface area contributed by atoms with E-state index in [1.165, 1.54) is 6.08 Å². The highest BCUT2D eigenvalue weighted by atomic mass is 35.5. The molecule has 0 fully saturated rings. The smallest absolute Gasteiger partial charge is 0.251 e. The molecule has 0 spiro atoms. The lowest BCUT2D eigenvalue weighted by Crippen LogP contribution is -2.38. The van der Waals surface area contributed by atoms with E-state index in [4.69, 9.17) is 28.9 Å². The average Bonchev–Trinajstić information content (AvgIpc) is 2.56. The summed E-state index contributed by atoms with van der Waals surface area (Å²) in [6, 6.07) is 14.3. The van der Waals surface area contributed by atoms with Crippen molar-refractivity contribution < 1.29 is 4.79 Å². The number of halogens is 2. The summed E-state index contributed by atoms with van der Waals surface area (Å²) in [5.74, 6) is 0.329. The zero-order valence-corrected chi connectivity index (χ0v) is 15.0. The Kier molecular flexibility index (Phi) is 5.13. The van der Waals surface area contributed by atoms with E-state index in [9.17, 15) is 4.79 Å². The van der Waals surface area contributed by atoms with Crippen LogP contribution in [0.3, 0.4) is 0 Å². The Morgan fingerprint density at radius 2 is 1.76 bits per heavy atom. The molecule has 6 heteroatoms. The highest BCUT2D eigenvalue weighted by Crippen LogP contribution is 2.25. The Balaban J connectivity index is 2.05. The maximum atomic E-state index is 12.2. The molecule has 0 saturated heterocycles. The summed E-state index contributed by atoms with van der Waals surface area (Å²) in [5, 5.41) is 7.33. The van der Waals surface area contributed by atoms with Crippen molar-refractivity contribution in [3.05, 3.63) is 81.6 Å². The number of rotatable bonds is 3. The Hall–Kier alpha value is -2.27. The van der Waals surface area contributed by atoms with E-state index in [2.05, 4.69) is 10.6 Å². The Bertz CT molecular complexity index is 870. The van der Waals surface area contributed by atoms with Gasteiger partial charge in [0.1, 0.15) is 5.82 Å². The van der Waals surface area contributed by atoms with Gasteiger partial charge in [0.25, 0.3) is 5.91 Å². The van der Waals surface area contributed by atoms with Crippen LogP contribution in [0, 0.1) is 0 Å². The van der Waals surface area contributed by atoms with Gasteiger partial charge in [-0.3, -0.25) is 4.79 Å². The van der Waals surface area contributed by atoms with Gasteiger partial charge in [-0.2, -0.15) is 0 Å². The predicted octanol–water partition coefficient (Wildman–Crippen LogP) is 3.77. The Labute approximate surface area is 156 Å². The van der Waals surface area contributed by atoms with Crippen molar-refractivity contribution in [3.63, 3.8) is 0 Å². The predicted molar refractivity (Wildman–Crippen MR) is 103 cm³/mol. The van der Waals surface area contributed by atoms with Crippen LogP contribution in [-0.2, 0) is 4.79 Å². The number of hydrogen-bond acceptors (Lipinski definition) is 3. The van der Waals surface area contributed by atoms with E-state index >= 15 is 0 Å². The number of carbonyl (C=O) groups excluding carboxylic acids is 1. The Morgan fingerprint density at radius 3 is 2.40 bits per heavy atom. The first-order valence-electron chi connectivity index (χ1n) is 7.75. The average molecular weight is 374 g/mol. The third-order valence-electron chi connectivity index (χ3n) is 3.80. The molecule has 4 nitrogen and oxygen atoms in total. The van der Waals surface area contributed by atoms with Crippen molar-refractivity contribution in [1.29, 1.82) is 0 Å². The molecule has 1 atom stereocenters. The molecule has 128 valence electrons. The normalized spacial score (nSPS) is 17.3. The number of hydrogen-bond donors (Lipinski definition) is 3. The molecule has 25 heavy (non-hydrogen) atoms. The van der Waals surface area contributed by atoms with Gasteiger partial charge in [-0.25, -0.2) is 0 Å². The van der Waals surface area contributed by atoms with E-state index in [0.29, 0.717) is 21.6 Å². The fourth-order valence-corrected chi connectivity index (χ4v) is 3.02. The number of benzene rings is 2. The van der Waals surface area contributed by atoms with Crippen molar-refractivity contribution in [3.8, 4) is 0 Å². The van der Waals surface area contributed by atoms with Gasteiger partial charge in [0.2, 0.25) is 0 Å². The number of carbonyl (C=O) groups is 1. The second-order valence-corrected chi connectivity index (χ2v) is 6.64. The zero-order chi connectivity index (χ0) is 18.0. The van der Waals surface area contributed by atoms with E-state index in [0.717, 1.165) is 16.7 Å². The van der Waals surface area contributed by atoms with Crippen LogP contribution >= 0.6 is 23.2 Å². The first-order valence-corrected chi connectivity index (χ1v) is 8.51. The lowest BCUT2D eigenvalue weighted by molar-refractivity contribution is -0.116. The first-order chi connectivity index (χ1) is 11.9. The van der Waals surface area contributed by atoms with Gasteiger partial charge in [-0.15, -0.1) is 0 Å². The van der Waals surface area contributed by atoms with Crippen molar-refractivity contribution in [1.82, 2.24) is 10.6 Å². The quantitative estimate of drug-likeness (QED) is 0.766. The second-order valence-electron chi connectivity index (χ2n) is 5.77. The third-order valence-corrected chi connectivity index (χ3v) is 4.29. The summed E-state index contributed by atoms with van der Waals surface area (Å²) >= 11 is 12.0. The lowest BCUT2D eigenvalue weighted by atomic mass is 9.99. The molecule has 1 amide bonds. The molecule has 0 aromatic heterocycles. The van der Waals surface area contributed by atoms with Crippen LogP contribution in [0.4, 0.5) is 0 Å². The Morgan fingerprint density at radius 1 is 1.04 bits per heavy atom. The SMILES string of the molecule is CC(N)/C(=C1/NC(=O)C=C(c2cccc(Cl)c2)N1)c1ccc(Cl)cc1. The van der Waals surface area contributed by atoms with Crippen LogP contribution in [0.2, 0.25) is 10.0 Å². The topological polar surface area (TPSA) is 67.1 Å². The van der Waals surface area contributed by atoms with Crippen molar-refractivity contribution in [2.24, 2.45) is 5.73 Å². The van der Waals surface area contributed by atoms with Crippen LogP contribution in [0.25, 0.3) is 11.3 Å².